The molecule has 4 heterocycles. The van der Waals surface area contributed by atoms with Crippen molar-refractivity contribution in [2.24, 2.45) is 5.92 Å². The van der Waals surface area contributed by atoms with Crippen molar-refractivity contribution in [1.82, 2.24) is 14.7 Å². The zero-order valence-corrected chi connectivity index (χ0v) is 43.0. The Morgan fingerprint density at radius 1 is 0.653 bits per heavy atom. The fourth-order valence-corrected chi connectivity index (χ4v) is 2.34. The summed E-state index contributed by atoms with van der Waals surface area (Å²) in [5.41, 5.74) is 0. The van der Waals surface area contributed by atoms with Gasteiger partial charge >= 0.3 is 0 Å². The maximum Gasteiger partial charge on any atom is 0.202 e. The third-order valence-electron chi connectivity index (χ3n) is 6.13. The van der Waals surface area contributed by atoms with Crippen LogP contribution >= 0.6 is 0 Å². The lowest BCUT2D eigenvalue weighted by atomic mass is 10.0. The summed E-state index contributed by atoms with van der Waals surface area (Å²) < 4.78 is 9.43. The molecule has 75 heavy (non-hydrogen) atoms. The first-order valence-electron chi connectivity index (χ1n) is 21.6. The van der Waals surface area contributed by atoms with Crippen molar-refractivity contribution < 1.29 is 23.9 Å². The molecule has 0 amide bonds. The Kier molecular flexibility index (Phi) is 257. The van der Waals surface area contributed by atoms with Crippen LogP contribution in [-0.4, -0.2) is 118 Å². The van der Waals surface area contributed by atoms with Gasteiger partial charge in [-0.15, -0.1) is 51.7 Å². The van der Waals surface area contributed by atoms with Crippen molar-refractivity contribution in [2.45, 2.75) is 190 Å². The van der Waals surface area contributed by atoms with Crippen molar-refractivity contribution in [3.8, 4) is 24.7 Å². The molecule has 0 aliphatic carbocycles. The Morgan fingerprint density at radius 3 is 0.960 bits per heavy atom. The molecule has 4 aliphatic rings. The SMILES string of the molecule is C.C.C.C.C.C.C.C.C.C.C.C.C#CC.C#CC(C)=O.C1COC1.C=CC.C=CC(C)=O.C=CC=CC.C=CC=CC(C)=O.C=CCC(C)CC=C.C=CCN(C)CC=C.CC.CC1CO1.CN1CC1.CN1CCC1. The van der Waals surface area contributed by atoms with Gasteiger partial charge in [-0.05, 0) is 125 Å². The summed E-state index contributed by atoms with van der Waals surface area (Å²) in [6.07, 6.45) is 35.6. The van der Waals surface area contributed by atoms with Gasteiger partial charge in [0.1, 0.15) is 0 Å². The number of terminal acetylenes is 2. The minimum atomic E-state index is -0.218. The van der Waals surface area contributed by atoms with E-state index in [1.165, 1.54) is 71.9 Å². The van der Waals surface area contributed by atoms with E-state index in [1.54, 1.807) is 31.2 Å². The topological polar surface area (TPSA) is 82.5 Å². The van der Waals surface area contributed by atoms with Gasteiger partial charge in [0.15, 0.2) is 11.6 Å². The molecule has 1 unspecified atom stereocenters. The number of rotatable bonds is 12. The standard InChI is InChI=1S/C8H14.C7H13N.C6H8O.C5H8.C4H9N.C4H6O.C4H4O.C3H7N.2C3H6O.C3H6.C3H4.C2H6.12CH4/c2*1-4-6-8(3)7-5-2;1-3-4-5-6(2)7;1-3-5-4-2;1-5-3-2-4-5;2*1-3-4(2)5;1-4-2-3-4;1-3-2-4-3;1-2-4-3-1;2*1-3-2;1-2;;;;;;;;;;;;/h4-5,8H,1-2,6-7H2,3H3;4-5H,1-2,6-7H2,3H3;3-5H,1H2,2H3;3-5H,1H2,2H3;2-4H2,1H3;3H,1H2,2H3;1H,2H3;2-3H2,1H3;3H,2H2,1H3;1-3H2;3H,1H2,2H3;1H,2H3;1-2H3;12*1H4. The maximum absolute atomic E-state index is 10.1. The molecule has 8 heteroatoms. The second kappa shape index (κ2) is 139. The van der Waals surface area contributed by atoms with Crippen LogP contribution in [0.15, 0.2) is 126 Å². The molecule has 4 aliphatic heterocycles. The normalized spacial score (nSPS) is 11.1. The summed E-state index contributed by atoms with van der Waals surface area (Å²) in [6, 6.07) is 0. The van der Waals surface area contributed by atoms with Crippen molar-refractivity contribution in [3.63, 3.8) is 0 Å². The number of allylic oxidation sites excluding steroid dienone is 10. The molecule has 8 nitrogen and oxygen atoms in total. The van der Waals surface area contributed by atoms with Crippen LogP contribution in [-0.2, 0) is 23.9 Å². The van der Waals surface area contributed by atoms with Crippen molar-refractivity contribution in [1.29, 1.82) is 0 Å². The van der Waals surface area contributed by atoms with Crippen molar-refractivity contribution >= 4 is 17.3 Å². The Hall–Kier alpha value is -4.67. The van der Waals surface area contributed by atoms with Crippen molar-refractivity contribution in [3.05, 3.63) is 126 Å². The fourth-order valence-electron chi connectivity index (χ4n) is 2.34. The zero-order chi connectivity index (χ0) is 51.1. The third kappa shape index (κ3) is 283. The molecule has 0 N–H and O–H groups in total. The Balaban J connectivity index is -0.0000000221. The Morgan fingerprint density at radius 2 is 0.893 bits per heavy atom. The average Bonchev–Trinajstić information content (AvgIpc) is 4.16. The number of likely N-dealkylation sites (N-methyl/N-ethyl adjacent to an activating group) is 2. The number of carbonyl (C=O) groups is 3. The molecule has 4 saturated heterocycles. The lowest BCUT2D eigenvalue weighted by molar-refractivity contribution is -0.113. The highest BCUT2D eigenvalue weighted by Gasteiger charge is 2.13. The van der Waals surface area contributed by atoms with Gasteiger partial charge < -0.3 is 19.3 Å². The summed E-state index contributed by atoms with van der Waals surface area (Å²) in [5, 5.41) is 0. The summed E-state index contributed by atoms with van der Waals surface area (Å²) in [6.45, 7) is 56.1. The van der Waals surface area contributed by atoms with Crippen LogP contribution in [0.5, 0.6) is 0 Å². The number of ether oxygens (including phenoxy) is 2. The van der Waals surface area contributed by atoms with Crippen LogP contribution in [0.3, 0.4) is 0 Å². The van der Waals surface area contributed by atoms with E-state index in [9.17, 15) is 14.4 Å². The van der Waals surface area contributed by atoms with Gasteiger partial charge in [-0.3, -0.25) is 19.3 Å². The number of epoxide rings is 1. The Labute approximate surface area is 480 Å². The second-order valence-electron chi connectivity index (χ2n) is 13.2. The first kappa shape index (κ1) is 139. The van der Waals surface area contributed by atoms with E-state index in [0.717, 1.165) is 51.7 Å². The molecule has 0 bridgehead atoms. The molecule has 1 atom stereocenters. The van der Waals surface area contributed by atoms with Gasteiger partial charge in [0.05, 0.1) is 12.7 Å². The highest BCUT2D eigenvalue weighted by Crippen LogP contribution is 2.06. The van der Waals surface area contributed by atoms with E-state index in [1.807, 2.05) is 77.1 Å². The van der Waals surface area contributed by atoms with E-state index < -0.39 is 0 Å². The van der Waals surface area contributed by atoms with Gasteiger partial charge in [0, 0.05) is 46.3 Å². The number of likely N-dealkylation sites (tertiary alicyclic amines) is 1. The van der Waals surface area contributed by atoms with Gasteiger partial charge in [0.25, 0.3) is 0 Å². The second-order valence-corrected chi connectivity index (χ2v) is 13.2. The highest BCUT2D eigenvalue weighted by molar-refractivity contribution is 5.92. The van der Waals surface area contributed by atoms with Gasteiger partial charge in [-0.25, -0.2) is 0 Å². The van der Waals surface area contributed by atoms with Gasteiger partial charge in [-0.2, -0.15) is 0 Å². The molecule has 458 valence electrons. The van der Waals surface area contributed by atoms with Crippen LogP contribution in [0.4, 0.5) is 0 Å². The van der Waals surface area contributed by atoms with Crippen molar-refractivity contribution in [2.75, 3.05) is 80.2 Å². The largest absolute Gasteiger partial charge is 0.381 e. The first-order valence-corrected chi connectivity index (χ1v) is 21.6. The lowest BCUT2D eigenvalue weighted by Crippen LogP contribution is -2.32. The molecule has 0 spiro atoms. The quantitative estimate of drug-likeness (QED) is 0.0477. The number of hydrogen-bond acceptors (Lipinski definition) is 8. The number of Topliss-reactive ketones (excluding diaryl/α,β-unsaturated/α-hetero) is 1. The van der Waals surface area contributed by atoms with E-state index in [-0.39, 0.29) is 106 Å². The van der Waals surface area contributed by atoms with E-state index in [0.29, 0.717) is 6.10 Å². The van der Waals surface area contributed by atoms with Crippen LogP contribution in [0.2, 0.25) is 0 Å². The van der Waals surface area contributed by atoms with Crippen LogP contribution in [0.1, 0.15) is 184 Å². The molecule has 4 rings (SSSR count). The van der Waals surface area contributed by atoms with E-state index in [2.05, 4.69) is 114 Å². The van der Waals surface area contributed by atoms with Crippen LogP contribution in [0, 0.1) is 30.6 Å². The number of hydrogen-bond donors (Lipinski definition) is 0. The monoisotopic (exact) mass is 1070 g/mol. The van der Waals surface area contributed by atoms with Gasteiger partial charge in [-0.1, -0.05) is 190 Å². The predicted molar refractivity (Wildman–Crippen MR) is 365 cm³/mol. The molecule has 4 fully saturated rings. The van der Waals surface area contributed by atoms with Gasteiger partial charge in [0.2, 0.25) is 5.78 Å². The number of ketones is 3. The minimum Gasteiger partial charge on any atom is -0.381 e. The summed E-state index contributed by atoms with van der Waals surface area (Å²) >= 11 is 0. The van der Waals surface area contributed by atoms with E-state index in [4.69, 9.17) is 9.47 Å². The fraction of sp³-hybridized carbons (Fsp3) is 0.597. The molecule has 0 radical (unpaired) electrons. The third-order valence-corrected chi connectivity index (χ3v) is 6.13. The molecular weight excluding hydrogens is 927 g/mol. The van der Waals surface area contributed by atoms with Crippen LogP contribution in [0.25, 0.3) is 0 Å². The molecule has 0 saturated carbocycles. The summed E-state index contributed by atoms with van der Waals surface area (Å²) in [7, 11) is 6.28. The van der Waals surface area contributed by atoms with Crippen LogP contribution < -0.4 is 0 Å². The molecular formula is C67H145N3O5. The average molecular weight is 1070 g/mol. The molecule has 0 aromatic carbocycles. The summed E-state index contributed by atoms with van der Waals surface area (Å²) in [4.78, 5) is 36.0. The Bertz CT molecular complexity index is 1150. The number of carbonyl (C=O) groups excluding carboxylic acids is 3. The highest BCUT2D eigenvalue weighted by atomic mass is 16.6. The molecule has 0 aromatic rings. The van der Waals surface area contributed by atoms with E-state index >= 15 is 0 Å². The predicted octanol–water partition coefficient (Wildman–Crippen LogP) is 19.7. The summed E-state index contributed by atoms with van der Waals surface area (Å²) in [5.74, 6) is 4.72. The zero-order valence-electron chi connectivity index (χ0n) is 43.0. The minimum absolute atomic E-state index is 0. The number of nitrogens with zero attached hydrogens (tertiary/aromatic N) is 3. The maximum atomic E-state index is 10.1. The lowest BCUT2D eigenvalue weighted by Gasteiger charge is -2.24. The molecule has 0 aromatic heterocycles. The smallest absolute Gasteiger partial charge is 0.202 e. The first-order chi connectivity index (χ1) is 29.9.